The van der Waals surface area contributed by atoms with Crippen molar-refractivity contribution >= 4 is 29.1 Å². The first-order valence-corrected chi connectivity index (χ1v) is 11.0. The van der Waals surface area contributed by atoms with E-state index in [9.17, 15) is 18.8 Å². The summed E-state index contributed by atoms with van der Waals surface area (Å²) in [4.78, 5) is 38.8. The van der Waals surface area contributed by atoms with E-state index in [1.54, 1.807) is 37.3 Å². The molecule has 5 N–H and O–H groups in total. The minimum Gasteiger partial charge on any atom is -0.405 e. The second-order valence-corrected chi connectivity index (χ2v) is 7.63. The summed E-state index contributed by atoms with van der Waals surface area (Å²) < 4.78 is 25.4. The minimum atomic E-state index is -2.45. The Labute approximate surface area is 206 Å². The zero-order valence-corrected chi connectivity index (χ0v) is 19.7. The van der Waals surface area contributed by atoms with E-state index in [0.717, 1.165) is 11.5 Å². The van der Waals surface area contributed by atoms with Gasteiger partial charge in [0.1, 0.15) is 17.3 Å². The van der Waals surface area contributed by atoms with E-state index in [2.05, 4.69) is 10.6 Å². The van der Waals surface area contributed by atoms with Crippen LogP contribution in [0.15, 0.2) is 71.7 Å². The highest BCUT2D eigenvalue weighted by Crippen LogP contribution is 2.22. The first-order valence-electron chi connectivity index (χ1n) is 11.0. The normalized spacial score (nSPS) is 12.3. The van der Waals surface area contributed by atoms with Gasteiger partial charge in [-0.3, -0.25) is 19.8 Å². The molecule has 0 fully saturated rings. The zero-order valence-electron chi connectivity index (χ0n) is 19.7. The molecule has 0 bridgehead atoms. The van der Waals surface area contributed by atoms with Crippen molar-refractivity contribution < 1.29 is 23.5 Å². The Kier molecular flexibility index (Phi) is 8.18. The quantitative estimate of drug-likeness (QED) is 0.146. The molecule has 0 saturated heterocycles. The van der Waals surface area contributed by atoms with Gasteiger partial charge in [-0.2, -0.15) is 0 Å². The van der Waals surface area contributed by atoms with E-state index in [-0.39, 0.29) is 24.7 Å². The van der Waals surface area contributed by atoms with Gasteiger partial charge in [0.25, 0.3) is 5.56 Å². The fraction of sp³-hybridized carbons (Fsp3) is 0.200. The zero-order chi connectivity index (χ0) is 26.3. The van der Waals surface area contributed by atoms with Crippen LogP contribution < -0.4 is 21.9 Å². The fourth-order valence-electron chi connectivity index (χ4n) is 3.40. The van der Waals surface area contributed by atoms with Gasteiger partial charge in [-0.1, -0.05) is 30.3 Å². The Bertz CT molecular complexity index is 1320. The molecule has 10 nitrogen and oxygen atoms in total. The monoisotopic (exact) mass is 495 g/mol. The number of hydrogen-bond acceptors (Lipinski definition) is 7. The van der Waals surface area contributed by atoms with Crippen LogP contribution in [0.1, 0.15) is 25.0 Å². The van der Waals surface area contributed by atoms with Gasteiger partial charge in [0.05, 0.1) is 6.61 Å². The summed E-state index contributed by atoms with van der Waals surface area (Å²) in [5.74, 6) is -4.81. The third kappa shape index (κ3) is 5.94. The number of nitrogens with one attached hydrogen (secondary N) is 3. The van der Waals surface area contributed by atoms with Crippen LogP contribution >= 0.6 is 0 Å². The maximum atomic E-state index is 13.6. The van der Waals surface area contributed by atoms with E-state index in [1.807, 2.05) is 0 Å². The van der Waals surface area contributed by atoms with Gasteiger partial charge in [-0.05, 0) is 42.8 Å². The standard InChI is InChI=1S/C25H26FN5O5/c1-3-35-25(36-16(2)32,24(34)29-15-17-9-11-18(12-10-17)22(27)28)31-13-5-8-21(23(31)33)30-20-7-4-6-19(26)14-20/h4-14,30H,3,15H2,1-2H3,(H3,27,28)(H,29,34)/t25-/m0/s1. The second-order valence-electron chi connectivity index (χ2n) is 7.63. The third-order valence-corrected chi connectivity index (χ3v) is 5.00. The van der Waals surface area contributed by atoms with Gasteiger partial charge in [-0.15, -0.1) is 0 Å². The molecule has 1 heterocycles. The molecule has 11 heteroatoms. The Balaban J connectivity index is 1.97. The summed E-state index contributed by atoms with van der Waals surface area (Å²) in [6, 6.07) is 15.0. The Hall–Kier alpha value is -4.51. The minimum absolute atomic E-state index is 0.00307. The number of pyridine rings is 1. The molecule has 0 aliphatic heterocycles. The van der Waals surface area contributed by atoms with Gasteiger partial charge in [0.2, 0.25) is 0 Å². The Morgan fingerprint density at radius 1 is 1.14 bits per heavy atom. The number of carbonyl (C=O) groups is 2. The summed E-state index contributed by atoms with van der Waals surface area (Å²) in [6.45, 7) is 2.58. The van der Waals surface area contributed by atoms with Gasteiger partial charge in [-0.25, -0.2) is 8.96 Å². The number of carbonyl (C=O) groups excluding carboxylic acids is 2. The van der Waals surface area contributed by atoms with Crippen LogP contribution in [0.3, 0.4) is 0 Å². The number of rotatable bonds is 10. The topological polar surface area (TPSA) is 149 Å². The molecule has 1 aromatic heterocycles. The predicted octanol–water partition coefficient (Wildman–Crippen LogP) is 2.54. The highest BCUT2D eigenvalue weighted by atomic mass is 19.1. The molecule has 1 amide bonds. The van der Waals surface area contributed by atoms with Gasteiger partial charge in [0.15, 0.2) is 0 Å². The van der Waals surface area contributed by atoms with Crippen LogP contribution in [0.2, 0.25) is 0 Å². The van der Waals surface area contributed by atoms with Crippen molar-refractivity contribution in [1.29, 1.82) is 5.41 Å². The highest BCUT2D eigenvalue weighted by molar-refractivity contribution is 5.94. The number of amidine groups is 1. The molecule has 0 saturated carbocycles. The maximum Gasteiger partial charge on any atom is 0.387 e. The smallest absolute Gasteiger partial charge is 0.387 e. The molecule has 0 radical (unpaired) electrons. The maximum absolute atomic E-state index is 13.6. The van der Waals surface area contributed by atoms with Crippen molar-refractivity contribution in [3.05, 3.63) is 94.2 Å². The number of aromatic nitrogens is 1. The van der Waals surface area contributed by atoms with Crippen LogP contribution in [0.25, 0.3) is 0 Å². The number of amides is 1. The number of nitrogens with two attached hydrogens (primary N) is 1. The predicted molar refractivity (Wildman–Crippen MR) is 131 cm³/mol. The first-order chi connectivity index (χ1) is 17.2. The number of benzene rings is 2. The Morgan fingerprint density at radius 2 is 1.86 bits per heavy atom. The molecule has 3 aromatic rings. The van der Waals surface area contributed by atoms with Crippen molar-refractivity contribution in [1.82, 2.24) is 9.88 Å². The molecule has 0 aliphatic rings. The molecular weight excluding hydrogens is 469 g/mol. The highest BCUT2D eigenvalue weighted by Gasteiger charge is 2.46. The van der Waals surface area contributed by atoms with Crippen LogP contribution in [0, 0.1) is 11.2 Å². The molecule has 3 rings (SSSR count). The molecule has 0 aliphatic carbocycles. The van der Waals surface area contributed by atoms with Gasteiger partial charge in [0, 0.05) is 30.9 Å². The van der Waals surface area contributed by atoms with Gasteiger partial charge >= 0.3 is 17.8 Å². The molecule has 1 atom stereocenters. The lowest BCUT2D eigenvalue weighted by atomic mass is 10.1. The number of ether oxygens (including phenoxy) is 2. The summed E-state index contributed by atoms with van der Waals surface area (Å²) in [5.41, 5.74) is 6.18. The van der Waals surface area contributed by atoms with Crippen molar-refractivity contribution in [3.8, 4) is 0 Å². The SMILES string of the molecule is CCO[C@](OC(C)=O)(C(=O)NCc1ccc(C(=N)N)cc1)n1cccc(Nc2cccc(F)c2)c1=O. The molecule has 0 spiro atoms. The molecule has 0 unspecified atom stereocenters. The number of nitrogens with zero attached hydrogens (tertiary/aromatic N) is 1. The van der Waals surface area contributed by atoms with Crippen molar-refractivity contribution in [2.24, 2.45) is 5.73 Å². The molecule has 188 valence electrons. The number of anilines is 2. The van der Waals surface area contributed by atoms with E-state index < -0.39 is 29.2 Å². The summed E-state index contributed by atoms with van der Waals surface area (Å²) in [5, 5.41) is 12.9. The molecular formula is C25H26FN5O5. The second kappa shape index (κ2) is 11.3. The van der Waals surface area contributed by atoms with E-state index >= 15 is 0 Å². The lowest BCUT2D eigenvalue weighted by molar-refractivity contribution is -0.264. The van der Waals surface area contributed by atoms with Gasteiger partial charge < -0.3 is 25.8 Å². The van der Waals surface area contributed by atoms with E-state index in [0.29, 0.717) is 16.8 Å². The fourth-order valence-corrected chi connectivity index (χ4v) is 3.40. The van der Waals surface area contributed by atoms with Crippen molar-refractivity contribution in [3.63, 3.8) is 0 Å². The van der Waals surface area contributed by atoms with Crippen LogP contribution in [0.4, 0.5) is 15.8 Å². The third-order valence-electron chi connectivity index (χ3n) is 5.00. The van der Waals surface area contributed by atoms with Crippen molar-refractivity contribution in [2.75, 3.05) is 11.9 Å². The summed E-state index contributed by atoms with van der Waals surface area (Å²) >= 11 is 0. The van der Waals surface area contributed by atoms with Crippen molar-refractivity contribution in [2.45, 2.75) is 26.3 Å². The summed E-state index contributed by atoms with van der Waals surface area (Å²) in [7, 11) is 0. The van der Waals surface area contributed by atoms with E-state index in [1.165, 1.54) is 36.5 Å². The number of esters is 1. The molecule has 36 heavy (non-hydrogen) atoms. The Morgan fingerprint density at radius 3 is 2.47 bits per heavy atom. The number of halogens is 1. The molecule has 2 aromatic carbocycles. The first kappa shape index (κ1) is 26.1. The van der Waals surface area contributed by atoms with E-state index in [4.69, 9.17) is 20.6 Å². The average molecular weight is 496 g/mol. The van der Waals surface area contributed by atoms with Crippen LogP contribution in [-0.4, -0.2) is 28.9 Å². The number of nitrogen functional groups attached to an aromatic ring is 1. The number of hydrogen-bond donors (Lipinski definition) is 4. The lowest BCUT2D eigenvalue weighted by Gasteiger charge is -2.32. The largest absolute Gasteiger partial charge is 0.405 e. The lowest BCUT2D eigenvalue weighted by Crippen LogP contribution is -2.56. The van der Waals surface area contributed by atoms with Crippen LogP contribution in [0.5, 0.6) is 0 Å². The average Bonchev–Trinajstić information content (AvgIpc) is 2.83. The van der Waals surface area contributed by atoms with Crippen LogP contribution in [-0.2, 0) is 31.5 Å². The summed E-state index contributed by atoms with van der Waals surface area (Å²) in [6.07, 6.45) is 1.25.